The Bertz CT molecular complexity index is 396. The molecule has 2 rings (SSSR count). The Morgan fingerprint density at radius 2 is 1.35 bits per heavy atom. The standard InChI is InChI=1S/C12H18OSi4/c1-16(2,3)13-17(4,11-7-5-9-14-11)12-8-6-10-15-12/h5-10H,1-4H3. The van der Waals surface area contributed by atoms with Crippen molar-refractivity contribution in [2.45, 2.75) is 26.2 Å². The Morgan fingerprint density at radius 1 is 0.882 bits per heavy atom. The minimum atomic E-state index is -1.84. The highest BCUT2D eigenvalue weighted by molar-refractivity contribution is 7.06. The number of allylic oxidation sites excluding steroid dienone is 4. The molecular formula is C12H18OSi4. The number of hydrogen-bond donors (Lipinski definition) is 0. The summed E-state index contributed by atoms with van der Waals surface area (Å²) in [5, 5.41) is 0. The second-order valence-electron chi connectivity index (χ2n) is 5.42. The average Bonchev–Trinajstić information content (AvgIpc) is 2.89. The lowest BCUT2D eigenvalue weighted by Crippen LogP contribution is -2.50. The van der Waals surface area contributed by atoms with E-state index in [1.54, 1.807) is 9.64 Å². The van der Waals surface area contributed by atoms with Crippen molar-refractivity contribution in [1.82, 2.24) is 0 Å². The van der Waals surface area contributed by atoms with E-state index in [1.165, 1.54) is 0 Å². The van der Waals surface area contributed by atoms with E-state index in [0.29, 0.717) is 0 Å². The third kappa shape index (κ3) is 2.97. The Labute approximate surface area is 111 Å². The normalized spacial score (nSPS) is 19.8. The summed E-state index contributed by atoms with van der Waals surface area (Å²) in [6.45, 7) is 9.30. The summed E-state index contributed by atoms with van der Waals surface area (Å²) in [5.41, 5.74) is 4.56. The van der Waals surface area contributed by atoms with Crippen LogP contribution in [-0.4, -0.2) is 35.7 Å². The second-order valence-corrected chi connectivity index (χ2v) is 16.9. The molecule has 17 heavy (non-hydrogen) atoms. The zero-order valence-electron chi connectivity index (χ0n) is 10.9. The van der Waals surface area contributed by atoms with Crippen LogP contribution in [0.3, 0.4) is 0 Å². The lowest BCUT2D eigenvalue weighted by atomic mass is 10.6. The van der Waals surface area contributed by atoms with Gasteiger partial charge < -0.3 is 4.12 Å². The summed E-state index contributed by atoms with van der Waals surface area (Å²) in [5.74, 6) is 0. The third-order valence-corrected chi connectivity index (χ3v) is 14.6. The molecule has 0 aromatic carbocycles. The van der Waals surface area contributed by atoms with Crippen LogP contribution in [0.1, 0.15) is 0 Å². The molecule has 0 fully saturated rings. The van der Waals surface area contributed by atoms with Crippen LogP contribution in [0, 0.1) is 0 Å². The molecule has 0 spiro atoms. The van der Waals surface area contributed by atoms with Crippen LogP contribution in [0.25, 0.3) is 0 Å². The molecule has 0 N–H and O–H groups in total. The summed E-state index contributed by atoms with van der Waals surface area (Å²) >= 11 is 0. The fourth-order valence-electron chi connectivity index (χ4n) is 2.12. The quantitative estimate of drug-likeness (QED) is 0.724. The first-order valence-corrected chi connectivity index (χ1v) is 13.9. The molecule has 88 valence electrons. The van der Waals surface area contributed by atoms with Crippen LogP contribution < -0.4 is 0 Å². The van der Waals surface area contributed by atoms with E-state index in [-0.39, 0.29) is 0 Å². The van der Waals surface area contributed by atoms with Gasteiger partial charge in [0.1, 0.15) is 19.0 Å². The second kappa shape index (κ2) is 4.81. The van der Waals surface area contributed by atoms with Gasteiger partial charge in [-0.3, -0.25) is 0 Å². The molecule has 0 saturated carbocycles. The van der Waals surface area contributed by atoms with Gasteiger partial charge in [0.15, 0.2) is 8.32 Å². The molecule has 2 heterocycles. The molecule has 4 radical (unpaired) electrons. The Kier molecular flexibility index (Phi) is 3.74. The van der Waals surface area contributed by atoms with Gasteiger partial charge in [0.2, 0.25) is 8.32 Å². The van der Waals surface area contributed by atoms with Crippen LogP contribution >= 0.6 is 0 Å². The Morgan fingerprint density at radius 3 is 1.65 bits per heavy atom. The lowest BCUT2D eigenvalue weighted by molar-refractivity contribution is 0.567. The van der Waals surface area contributed by atoms with Crippen LogP contribution in [0.15, 0.2) is 45.3 Å². The minimum Gasteiger partial charge on any atom is -0.450 e. The highest BCUT2D eigenvalue weighted by atomic mass is 28.4. The average molecular weight is 291 g/mol. The Hall–Kier alpha value is -0.212. The van der Waals surface area contributed by atoms with Crippen molar-refractivity contribution in [2.24, 2.45) is 0 Å². The molecule has 0 aromatic heterocycles. The van der Waals surface area contributed by atoms with Crippen molar-refractivity contribution in [3.8, 4) is 0 Å². The zero-order chi connectivity index (χ0) is 12.5. The summed E-state index contributed by atoms with van der Waals surface area (Å²) < 4.78 is 6.67. The predicted molar refractivity (Wildman–Crippen MR) is 82.0 cm³/mol. The highest BCUT2D eigenvalue weighted by Crippen LogP contribution is 2.31. The predicted octanol–water partition coefficient (Wildman–Crippen LogP) is 2.72. The van der Waals surface area contributed by atoms with E-state index in [4.69, 9.17) is 4.12 Å². The van der Waals surface area contributed by atoms with Gasteiger partial charge in [0, 0.05) is 0 Å². The van der Waals surface area contributed by atoms with E-state index < -0.39 is 16.6 Å². The topological polar surface area (TPSA) is 9.23 Å². The highest BCUT2D eigenvalue weighted by Gasteiger charge is 2.41. The first-order chi connectivity index (χ1) is 7.92. The van der Waals surface area contributed by atoms with Gasteiger partial charge in [-0.15, -0.1) is 0 Å². The lowest BCUT2D eigenvalue weighted by Gasteiger charge is -2.37. The summed E-state index contributed by atoms with van der Waals surface area (Å²) in [4.78, 5) is 3.14. The van der Waals surface area contributed by atoms with Crippen LogP contribution in [0.4, 0.5) is 0 Å². The van der Waals surface area contributed by atoms with Crippen molar-refractivity contribution in [2.75, 3.05) is 0 Å². The van der Waals surface area contributed by atoms with E-state index in [0.717, 1.165) is 19.0 Å². The molecule has 0 amide bonds. The van der Waals surface area contributed by atoms with Crippen molar-refractivity contribution >= 4 is 35.7 Å². The molecule has 0 atom stereocenters. The number of rotatable bonds is 4. The summed E-state index contributed by atoms with van der Waals surface area (Å²) in [7, 11) is -1.65. The van der Waals surface area contributed by atoms with Gasteiger partial charge in [0.25, 0.3) is 0 Å². The van der Waals surface area contributed by atoms with E-state index in [9.17, 15) is 0 Å². The SMILES string of the molecule is C[Si](C)(C)O[Si](C)(C1=CC=C[Si]1)C1=CC=C[Si]1. The van der Waals surface area contributed by atoms with Gasteiger partial charge >= 0.3 is 0 Å². The summed E-state index contributed by atoms with van der Waals surface area (Å²) in [6.07, 6.45) is 8.99. The van der Waals surface area contributed by atoms with Crippen LogP contribution in [-0.2, 0) is 4.12 Å². The molecule has 1 nitrogen and oxygen atoms in total. The Balaban J connectivity index is 2.29. The molecule has 0 bridgehead atoms. The molecule has 2 aliphatic heterocycles. The van der Waals surface area contributed by atoms with E-state index in [2.05, 4.69) is 61.9 Å². The van der Waals surface area contributed by atoms with Gasteiger partial charge in [-0.25, -0.2) is 0 Å². The maximum absolute atomic E-state index is 6.67. The molecule has 0 saturated heterocycles. The fourth-order valence-corrected chi connectivity index (χ4v) is 15.0. The maximum atomic E-state index is 6.67. The van der Waals surface area contributed by atoms with Gasteiger partial charge in [-0.1, -0.05) is 45.3 Å². The maximum Gasteiger partial charge on any atom is 0.225 e. The van der Waals surface area contributed by atoms with Crippen LogP contribution in [0.5, 0.6) is 0 Å². The first kappa shape index (κ1) is 13.2. The van der Waals surface area contributed by atoms with Gasteiger partial charge in [0.05, 0.1) is 0 Å². The first-order valence-electron chi connectivity index (χ1n) is 5.90. The molecule has 2 aliphatic rings. The largest absolute Gasteiger partial charge is 0.450 e. The smallest absolute Gasteiger partial charge is 0.225 e. The van der Waals surface area contributed by atoms with Gasteiger partial charge in [-0.05, 0) is 26.2 Å². The van der Waals surface area contributed by atoms with Gasteiger partial charge in [-0.2, -0.15) is 0 Å². The molecule has 5 heteroatoms. The molecule has 0 aliphatic carbocycles. The van der Waals surface area contributed by atoms with E-state index >= 15 is 0 Å². The van der Waals surface area contributed by atoms with Crippen LogP contribution in [0.2, 0.25) is 26.2 Å². The fraction of sp³-hybridized carbons (Fsp3) is 0.333. The molecular weight excluding hydrogens is 272 g/mol. The van der Waals surface area contributed by atoms with Crippen molar-refractivity contribution in [3.05, 3.63) is 45.3 Å². The molecule has 0 aromatic rings. The monoisotopic (exact) mass is 290 g/mol. The minimum absolute atomic E-state index is 0.839. The summed E-state index contributed by atoms with van der Waals surface area (Å²) in [6, 6.07) is 0. The third-order valence-electron chi connectivity index (χ3n) is 2.73. The van der Waals surface area contributed by atoms with Crippen molar-refractivity contribution in [3.63, 3.8) is 0 Å². The van der Waals surface area contributed by atoms with E-state index in [1.807, 2.05) is 0 Å². The van der Waals surface area contributed by atoms with Crippen molar-refractivity contribution < 1.29 is 4.12 Å². The molecule has 0 unspecified atom stereocenters. The zero-order valence-corrected chi connectivity index (χ0v) is 14.9. The number of hydrogen-bond acceptors (Lipinski definition) is 1. The van der Waals surface area contributed by atoms with Crippen molar-refractivity contribution in [1.29, 1.82) is 0 Å².